The Labute approximate surface area is 178 Å². The minimum Gasteiger partial charge on any atom is -0.497 e. The second-order valence-electron chi connectivity index (χ2n) is 6.14. The highest BCUT2D eigenvalue weighted by Crippen LogP contribution is 2.29. The van der Waals surface area contributed by atoms with E-state index >= 15 is 0 Å². The van der Waals surface area contributed by atoms with Crippen LogP contribution in [0.3, 0.4) is 0 Å². The summed E-state index contributed by atoms with van der Waals surface area (Å²) < 4.78 is 7.61. The van der Waals surface area contributed by atoms with Crippen molar-refractivity contribution in [1.29, 1.82) is 0 Å². The molecule has 0 atom stereocenters. The molecule has 4 rings (SSSR count). The van der Waals surface area contributed by atoms with Crippen LogP contribution in [0, 0.1) is 6.92 Å². The molecular formula is C20H16BrN5O2S. The van der Waals surface area contributed by atoms with Crippen molar-refractivity contribution in [2.75, 3.05) is 7.11 Å². The van der Waals surface area contributed by atoms with Crippen LogP contribution in [0.4, 0.5) is 5.13 Å². The molecule has 0 amide bonds. The lowest BCUT2D eigenvalue weighted by Gasteiger charge is -2.00. The fourth-order valence-corrected chi connectivity index (χ4v) is 3.68. The summed E-state index contributed by atoms with van der Waals surface area (Å²) in [5.41, 5.74) is 2.71. The highest BCUT2D eigenvalue weighted by atomic mass is 79.9. The van der Waals surface area contributed by atoms with E-state index in [0.717, 1.165) is 32.2 Å². The number of nitrogens with zero attached hydrogens (tertiary/aromatic N) is 4. The Bertz CT molecular complexity index is 1220. The van der Waals surface area contributed by atoms with Crippen molar-refractivity contribution in [1.82, 2.24) is 20.0 Å². The standard InChI is InChI=1S/C20H16BrN5O2S/c1-12-17(19(27)26(25-12)15-7-5-14(21)6-8-15)11-22-20-24-23-18(29-20)13-3-9-16(28-2)10-4-13/h3-11,25H,1-2H3/b22-11+. The van der Waals surface area contributed by atoms with Gasteiger partial charge in [0.15, 0.2) is 0 Å². The number of aliphatic imine (C=N–C) groups is 1. The Kier molecular flexibility index (Phi) is 5.41. The number of hydrogen-bond donors (Lipinski definition) is 1. The van der Waals surface area contributed by atoms with Crippen molar-refractivity contribution < 1.29 is 4.74 Å². The smallest absolute Gasteiger partial charge is 0.280 e. The molecular weight excluding hydrogens is 454 g/mol. The summed E-state index contributed by atoms with van der Waals surface area (Å²) in [6.07, 6.45) is 1.53. The highest BCUT2D eigenvalue weighted by molar-refractivity contribution is 9.10. The minimum atomic E-state index is -0.173. The van der Waals surface area contributed by atoms with E-state index < -0.39 is 0 Å². The molecule has 7 nitrogen and oxygen atoms in total. The Hall–Kier alpha value is -3.04. The molecule has 1 N–H and O–H groups in total. The van der Waals surface area contributed by atoms with Crippen LogP contribution in [-0.2, 0) is 0 Å². The summed E-state index contributed by atoms with van der Waals surface area (Å²) in [7, 11) is 1.63. The Balaban J connectivity index is 1.59. The van der Waals surface area contributed by atoms with Gasteiger partial charge in [-0.15, -0.1) is 10.2 Å². The van der Waals surface area contributed by atoms with Gasteiger partial charge in [-0.05, 0) is 55.5 Å². The average molecular weight is 470 g/mol. The van der Waals surface area contributed by atoms with Crippen LogP contribution in [0.1, 0.15) is 11.3 Å². The fraction of sp³-hybridized carbons (Fsp3) is 0.100. The average Bonchev–Trinajstić information content (AvgIpc) is 3.32. The largest absolute Gasteiger partial charge is 0.497 e. The predicted molar refractivity (Wildman–Crippen MR) is 118 cm³/mol. The maximum Gasteiger partial charge on any atom is 0.280 e. The van der Waals surface area contributed by atoms with Crippen LogP contribution in [0.25, 0.3) is 16.3 Å². The zero-order valence-corrected chi connectivity index (χ0v) is 18.0. The molecule has 2 aromatic carbocycles. The van der Waals surface area contributed by atoms with Crippen molar-refractivity contribution in [3.63, 3.8) is 0 Å². The van der Waals surface area contributed by atoms with Gasteiger partial charge < -0.3 is 4.74 Å². The van der Waals surface area contributed by atoms with E-state index in [4.69, 9.17) is 4.74 Å². The number of H-pyrrole nitrogens is 1. The van der Waals surface area contributed by atoms with E-state index in [1.165, 1.54) is 22.2 Å². The van der Waals surface area contributed by atoms with E-state index in [2.05, 4.69) is 36.2 Å². The molecule has 0 fully saturated rings. The molecule has 0 aliphatic carbocycles. The van der Waals surface area contributed by atoms with Crippen LogP contribution in [0.15, 0.2) is 62.8 Å². The lowest BCUT2D eigenvalue weighted by molar-refractivity contribution is 0.415. The van der Waals surface area contributed by atoms with Crippen molar-refractivity contribution in [3.05, 3.63) is 74.6 Å². The number of halogens is 1. The van der Waals surface area contributed by atoms with Gasteiger partial charge in [-0.3, -0.25) is 9.89 Å². The first-order chi connectivity index (χ1) is 14.0. The summed E-state index contributed by atoms with van der Waals surface area (Å²) in [5.74, 6) is 0.779. The monoisotopic (exact) mass is 469 g/mol. The number of aryl methyl sites for hydroxylation is 1. The molecule has 0 saturated carbocycles. The van der Waals surface area contributed by atoms with Crippen molar-refractivity contribution in [2.45, 2.75) is 6.92 Å². The van der Waals surface area contributed by atoms with E-state index in [0.29, 0.717) is 10.7 Å². The van der Waals surface area contributed by atoms with Gasteiger partial charge in [0, 0.05) is 21.9 Å². The summed E-state index contributed by atoms with van der Waals surface area (Å²) in [4.78, 5) is 17.1. The quantitative estimate of drug-likeness (QED) is 0.435. The summed E-state index contributed by atoms with van der Waals surface area (Å²) in [6, 6.07) is 15.0. The Morgan fingerprint density at radius 3 is 2.55 bits per heavy atom. The number of nitrogens with one attached hydrogen (secondary N) is 1. The Morgan fingerprint density at radius 1 is 1.14 bits per heavy atom. The highest BCUT2D eigenvalue weighted by Gasteiger charge is 2.11. The maximum absolute atomic E-state index is 12.8. The lowest BCUT2D eigenvalue weighted by atomic mass is 10.2. The number of methoxy groups -OCH3 is 1. The molecule has 4 aromatic rings. The molecule has 146 valence electrons. The van der Waals surface area contributed by atoms with E-state index in [1.54, 1.807) is 7.11 Å². The van der Waals surface area contributed by atoms with Crippen molar-refractivity contribution >= 4 is 38.6 Å². The lowest BCUT2D eigenvalue weighted by Crippen LogP contribution is -2.17. The number of aromatic amines is 1. The molecule has 0 aliphatic heterocycles. The topological polar surface area (TPSA) is 85.2 Å². The van der Waals surface area contributed by atoms with Crippen LogP contribution in [0.2, 0.25) is 0 Å². The van der Waals surface area contributed by atoms with Gasteiger partial charge in [0.1, 0.15) is 10.8 Å². The second-order valence-corrected chi connectivity index (χ2v) is 8.02. The number of aromatic nitrogens is 4. The van der Waals surface area contributed by atoms with Gasteiger partial charge in [-0.25, -0.2) is 9.67 Å². The molecule has 0 unspecified atom stereocenters. The van der Waals surface area contributed by atoms with E-state index in [-0.39, 0.29) is 5.56 Å². The fourth-order valence-electron chi connectivity index (χ4n) is 2.72. The van der Waals surface area contributed by atoms with Crippen LogP contribution in [-0.4, -0.2) is 33.3 Å². The molecule has 0 saturated heterocycles. The molecule has 0 radical (unpaired) electrons. The third-order valence-electron chi connectivity index (χ3n) is 4.26. The maximum atomic E-state index is 12.8. The molecule has 0 aliphatic rings. The van der Waals surface area contributed by atoms with Gasteiger partial charge in [0.05, 0.1) is 18.4 Å². The third-order valence-corrected chi connectivity index (χ3v) is 5.67. The summed E-state index contributed by atoms with van der Waals surface area (Å²) >= 11 is 4.75. The minimum absolute atomic E-state index is 0.173. The van der Waals surface area contributed by atoms with E-state index in [1.807, 2.05) is 55.5 Å². The third kappa shape index (κ3) is 4.06. The zero-order chi connectivity index (χ0) is 20.4. The SMILES string of the molecule is COc1ccc(-c2nnc(/N=C/c3c(C)[nH]n(-c4ccc(Br)cc4)c3=O)s2)cc1. The number of rotatable bonds is 5. The van der Waals surface area contributed by atoms with Gasteiger partial charge in [0.2, 0.25) is 5.13 Å². The van der Waals surface area contributed by atoms with Crippen molar-refractivity contribution in [2.24, 2.45) is 4.99 Å². The number of ether oxygens (including phenoxy) is 1. The molecule has 2 aromatic heterocycles. The van der Waals surface area contributed by atoms with Crippen LogP contribution in [0.5, 0.6) is 5.75 Å². The predicted octanol–water partition coefficient (Wildman–Crippen LogP) is 4.51. The molecule has 9 heteroatoms. The summed E-state index contributed by atoms with van der Waals surface area (Å²) in [6.45, 7) is 1.83. The second kappa shape index (κ2) is 8.14. The number of hydrogen-bond acceptors (Lipinski definition) is 6. The van der Waals surface area contributed by atoms with Gasteiger partial charge in [-0.2, -0.15) is 0 Å². The van der Waals surface area contributed by atoms with Gasteiger partial charge >= 0.3 is 0 Å². The Morgan fingerprint density at radius 2 is 1.86 bits per heavy atom. The first kappa shape index (κ1) is 19.3. The summed E-state index contributed by atoms with van der Waals surface area (Å²) in [5, 5.41) is 12.6. The van der Waals surface area contributed by atoms with E-state index in [9.17, 15) is 4.79 Å². The van der Waals surface area contributed by atoms with Crippen molar-refractivity contribution in [3.8, 4) is 22.0 Å². The molecule has 0 spiro atoms. The first-order valence-corrected chi connectivity index (χ1v) is 10.3. The first-order valence-electron chi connectivity index (χ1n) is 8.64. The zero-order valence-electron chi connectivity index (χ0n) is 15.6. The van der Waals surface area contributed by atoms with Gasteiger partial charge in [0.25, 0.3) is 5.56 Å². The molecule has 2 heterocycles. The molecule has 29 heavy (non-hydrogen) atoms. The van der Waals surface area contributed by atoms with Gasteiger partial charge in [-0.1, -0.05) is 27.3 Å². The van der Waals surface area contributed by atoms with Crippen LogP contribution < -0.4 is 10.3 Å². The molecule has 0 bridgehead atoms. The number of benzene rings is 2. The normalized spacial score (nSPS) is 11.3. The van der Waals surface area contributed by atoms with Crippen LogP contribution >= 0.6 is 27.3 Å².